The molecule has 7 heteroatoms. The third-order valence-electron chi connectivity index (χ3n) is 7.49. The summed E-state index contributed by atoms with van der Waals surface area (Å²) >= 11 is 0. The number of pyridine rings is 1. The minimum absolute atomic E-state index is 0.145. The van der Waals surface area contributed by atoms with Gasteiger partial charge < -0.3 is 19.5 Å². The molecule has 1 atom stereocenters. The van der Waals surface area contributed by atoms with Crippen LogP contribution in [0.5, 0.6) is 0 Å². The van der Waals surface area contributed by atoms with E-state index in [2.05, 4.69) is 92.1 Å². The van der Waals surface area contributed by atoms with Crippen LogP contribution in [0.4, 0.5) is 8.78 Å². The first-order valence-electron chi connectivity index (χ1n) is 15.3. The molecule has 0 radical (unpaired) electrons. The molecule has 242 valence electrons. The van der Waals surface area contributed by atoms with Crippen molar-refractivity contribution in [1.82, 2.24) is 14.8 Å². The first kappa shape index (κ1) is 37.1. The second-order valence-electron chi connectivity index (χ2n) is 11.9. The Kier molecular flexibility index (Phi) is 15.4. The van der Waals surface area contributed by atoms with E-state index in [1.165, 1.54) is 23.3 Å². The lowest BCUT2D eigenvalue weighted by atomic mass is 9.87. The predicted molar refractivity (Wildman–Crippen MR) is 186 cm³/mol. The van der Waals surface area contributed by atoms with Crippen molar-refractivity contribution in [2.45, 2.75) is 58.6 Å². The molecule has 4 rings (SSSR count). The van der Waals surface area contributed by atoms with E-state index in [0.29, 0.717) is 13.2 Å². The standard InChI is InChI=1S/C31H38FN3O.C4H5F.C3H7N/c1-31(2,3)26-12-8-23(9-13-26)21-36-22-28-7-6-20-34(4)29(24-10-14-27(32)15-11-24)30(35(28)5)25-16-18-33-19-17-25;1-3-4(2)5;1-3-4-2/h8-19,28H,6-7,20-22H2,1-5H3;3H,1-2H2;3H,1-2H3/b30-29-;;/t28-;;/m0../s1. The van der Waals surface area contributed by atoms with Crippen LogP contribution in [0.2, 0.25) is 0 Å². The average Bonchev–Trinajstić information content (AvgIpc) is 3.03. The lowest BCUT2D eigenvalue weighted by molar-refractivity contribution is 0.0717. The summed E-state index contributed by atoms with van der Waals surface area (Å²) in [5.41, 5.74) is 6.94. The zero-order chi connectivity index (χ0) is 33.4. The third kappa shape index (κ3) is 12.1. The molecule has 2 aromatic carbocycles. The van der Waals surface area contributed by atoms with Crippen molar-refractivity contribution in [3.8, 4) is 0 Å². The molecule has 3 aromatic rings. The van der Waals surface area contributed by atoms with Gasteiger partial charge in [0.1, 0.15) is 11.6 Å². The van der Waals surface area contributed by atoms with Gasteiger partial charge in [-0.15, -0.1) is 0 Å². The molecule has 0 saturated carbocycles. The van der Waals surface area contributed by atoms with E-state index in [0.717, 1.165) is 48.0 Å². The fourth-order valence-electron chi connectivity index (χ4n) is 4.82. The van der Waals surface area contributed by atoms with Crippen LogP contribution in [-0.4, -0.2) is 61.3 Å². The Hall–Kier alpha value is -4.10. The van der Waals surface area contributed by atoms with Crippen LogP contribution in [0.1, 0.15) is 62.8 Å². The topological polar surface area (TPSA) is 41.0 Å². The highest BCUT2D eigenvalue weighted by atomic mass is 19.1. The minimum atomic E-state index is -0.481. The summed E-state index contributed by atoms with van der Waals surface area (Å²) in [5.74, 6) is -0.710. The fourth-order valence-corrected chi connectivity index (χ4v) is 4.82. The van der Waals surface area contributed by atoms with Crippen LogP contribution in [0.25, 0.3) is 11.4 Å². The maximum absolute atomic E-state index is 13.7. The first-order valence-corrected chi connectivity index (χ1v) is 15.3. The van der Waals surface area contributed by atoms with E-state index in [-0.39, 0.29) is 17.3 Å². The highest BCUT2D eigenvalue weighted by Crippen LogP contribution is 2.34. The molecule has 1 aromatic heterocycles. The number of halogens is 2. The number of likely N-dealkylation sites (N-methyl/N-ethyl adjacent to an activating group) is 1. The molecular weight excluding hydrogens is 566 g/mol. The molecule has 0 spiro atoms. The predicted octanol–water partition coefficient (Wildman–Crippen LogP) is 8.95. The maximum Gasteiger partial charge on any atom is 0.123 e. The van der Waals surface area contributed by atoms with Crippen LogP contribution in [-0.2, 0) is 16.8 Å². The van der Waals surface area contributed by atoms with E-state index >= 15 is 0 Å². The van der Waals surface area contributed by atoms with Gasteiger partial charge in [0, 0.05) is 51.2 Å². The second kappa shape index (κ2) is 18.6. The lowest BCUT2D eigenvalue weighted by Gasteiger charge is -2.39. The molecule has 0 N–H and O–H groups in total. The highest BCUT2D eigenvalue weighted by Gasteiger charge is 2.27. The summed E-state index contributed by atoms with van der Waals surface area (Å²) in [6.07, 6.45) is 8.52. The Morgan fingerprint density at radius 3 is 2.07 bits per heavy atom. The SMILES string of the molecule is C=CC(=C)F.CC=NC.CN1CCC[C@@H](COCc2ccc(C(C)(C)C)cc2)N(C)/C(c2ccncc2)=C\1c1ccc(F)cc1. The monoisotopic (exact) mass is 616 g/mol. The number of aromatic nitrogens is 1. The van der Waals surface area contributed by atoms with Gasteiger partial charge in [-0.2, -0.15) is 0 Å². The quantitative estimate of drug-likeness (QED) is 0.196. The zero-order valence-electron chi connectivity index (χ0n) is 28.1. The van der Waals surface area contributed by atoms with Gasteiger partial charge in [-0.1, -0.05) is 58.2 Å². The van der Waals surface area contributed by atoms with E-state index < -0.39 is 5.83 Å². The van der Waals surface area contributed by atoms with Gasteiger partial charge in [-0.3, -0.25) is 4.98 Å². The largest absolute Gasteiger partial charge is 0.375 e. The summed E-state index contributed by atoms with van der Waals surface area (Å²) in [7, 11) is 6.01. The van der Waals surface area contributed by atoms with Crippen LogP contribution in [0.3, 0.4) is 0 Å². The van der Waals surface area contributed by atoms with Crippen LogP contribution >= 0.6 is 0 Å². The van der Waals surface area contributed by atoms with Gasteiger partial charge in [0.25, 0.3) is 0 Å². The number of allylic oxidation sites excluding steroid dienone is 2. The van der Waals surface area contributed by atoms with Crippen molar-refractivity contribution in [2.75, 3.05) is 34.3 Å². The summed E-state index contributed by atoms with van der Waals surface area (Å²) in [6.45, 7) is 16.7. The molecule has 0 aliphatic carbocycles. The average molecular weight is 617 g/mol. The Bertz CT molecular complexity index is 1370. The summed E-state index contributed by atoms with van der Waals surface area (Å²) < 4.78 is 31.1. The van der Waals surface area contributed by atoms with Gasteiger partial charge in [0.2, 0.25) is 0 Å². The van der Waals surface area contributed by atoms with Crippen molar-refractivity contribution in [2.24, 2.45) is 4.99 Å². The minimum Gasteiger partial charge on any atom is -0.375 e. The van der Waals surface area contributed by atoms with Crippen LogP contribution < -0.4 is 0 Å². The summed E-state index contributed by atoms with van der Waals surface area (Å²) in [4.78, 5) is 12.5. The Morgan fingerprint density at radius 1 is 1.00 bits per heavy atom. The van der Waals surface area contributed by atoms with Gasteiger partial charge in [0.15, 0.2) is 0 Å². The molecule has 0 amide bonds. The summed E-state index contributed by atoms with van der Waals surface area (Å²) in [6, 6.07) is 19.8. The normalized spacial score (nSPS) is 17.0. The number of rotatable bonds is 7. The molecule has 5 nitrogen and oxygen atoms in total. The molecule has 2 heterocycles. The molecule has 1 aliphatic rings. The number of hydrogen-bond donors (Lipinski definition) is 0. The molecule has 1 aliphatic heterocycles. The van der Waals surface area contributed by atoms with Crippen molar-refractivity contribution in [3.05, 3.63) is 126 Å². The zero-order valence-corrected chi connectivity index (χ0v) is 28.1. The van der Waals surface area contributed by atoms with Crippen molar-refractivity contribution < 1.29 is 13.5 Å². The first-order chi connectivity index (χ1) is 21.4. The number of ether oxygens (including phenoxy) is 1. The lowest BCUT2D eigenvalue weighted by Crippen LogP contribution is -2.39. The maximum atomic E-state index is 13.7. The van der Waals surface area contributed by atoms with E-state index in [1.54, 1.807) is 13.3 Å². The third-order valence-corrected chi connectivity index (χ3v) is 7.49. The number of hydrogen-bond acceptors (Lipinski definition) is 5. The van der Waals surface area contributed by atoms with Crippen LogP contribution in [0.15, 0.2) is 103 Å². The molecule has 0 unspecified atom stereocenters. The number of aliphatic imine (C=N–C) groups is 1. The summed E-state index contributed by atoms with van der Waals surface area (Å²) in [5, 5.41) is 0. The Labute approximate surface area is 269 Å². The van der Waals surface area contributed by atoms with E-state index in [4.69, 9.17) is 4.74 Å². The van der Waals surface area contributed by atoms with E-state index in [9.17, 15) is 8.78 Å². The highest BCUT2D eigenvalue weighted by molar-refractivity contribution is 5.89. The van der Waals surface area contributed by atoms with Gasteiger partial charge in [0.05, 0.1) is 30.6 Å². The van der Waals surface area contributed by atoms with Crippen molar-refractivity contribution in [3.63, 3.8) is 0 Å². The van der Waals surface area contributed by atoms with Gasteiger partial charge in [-0.05, 0) is 85.0 Å². The van der Waals surface area contributed by atoms with Gasteiger partial charge in [-0.25, -0.2) is 8.78 Å². The Morgan fingerprint density at radius 2 is 1.56 bits per heavy atom. The fraction of sp³-hybridized carbons (Fsp3) is 0.368. The number of nitrogens with zero attached hydrogens (tertiary/aromatic N) is 4. The van der Waals surface area contributed by atoms with Crippen molar-refractivity contribution >= 4 is 17.6 Å². The second-order valence-corrected chi connectivity index (χ2v) is 11.9. The Balaban J connectivity index is 0.000000691. The molecule has 0 saturated heterocycles. The molecule has 0 bridgehead atoms. The molecule has 45 heavy (non-hydrogen) atoms. The molecular formula is C38H50F2N4O. The molecule has 0 fully saturated rings. The van der Waals surface area contributed by atoms with Gasteiger partial charge >= 0.3 is 0 Å². The number of benzene rings is 2. The van der Waals surface area contributed by atoms with E-state index in [1.807, 2.05) is 43.6 Å². The van der Waals surface area contributed by atoms with Crippen molar-refractivity contribution in [1.29, 1.82) is 0 Å². The van der Waals surface area contributed by atoms with Crippen LogP contribution in [0, 0.1) is 5.82 Å². The smallest absolute Gasteiger partial charge is 0.123 e.